The number of allylic oxidation sites excluding steroid dienone is 2. The first-order chi connectivity index (χ1) is 27.8. The molecular weight excluding hydrogens is 723 g/mol. The molecule has 0 bridgehead atoms. The van der Waals surface area contributed by atoms with Gasteiger partial charge in [-0.05, 0) is 64.6 Å². The van der Waals surface area contributed by atoms with Crippen LogP contribution in [-0.4, -0.2) is 78.9 Å². The molecule has 5 atom stereocenters. The second kappa shape index (κ2) is 18.4. The molecular formula is C46H49N3O8. The zero-order valence-corrected chi connectivity index (χ0v) is 32.0. The molecule has 3 N–H and O–H groups in total. The van der Waals surface area contributed by atoms with Gasteiger partial charge in [-0.2, -0.15) is 0 Å². The summed E-state index contributed by atoms with van der Waals surface area (Å²) >= 11 is 0. The highest BCUT2D eigenvalue weighted by Gasteiger charge is 2.37. The number of amides is 3. The Kier molecular flexibility index (Phi) is 12.8. The summed E-state index contributed by atoms with van der Waals surface area (Å²) in [6.07, 6.45) is 3.21. The average Bonchev–Trinajstić information content (AvgIpc) is 3.56. The molecule has 3 amide bonds. The largest absolute Gasteiger partial charge is 0.454 e. The normalized spacial score (nSPS) is 22.4. The van der Waals surface area contributed by atoms with E-state index in [0.29, 0.717) is 24.9 Å². The van der Waals surface area contributed by atoms with Crippen molar-refractivity contribution < 1.29 is 38.5 Å². The first kappa shape index (κ1) is 39.5. The lowest BCUT2D eigenvalue weighted by Crippen LogP contribution is -2.50. The zero-order chi connectivity index (χ0) is 39.7. The second-order valence-electron chi connectivity index (χ2n) is 14.9. The van der Waals surface area contributed by atoms with E-state index in [-0.39, 0.29) is 50.9 Å². The predicted molar refractivity (Wildman–Crippen MR) is 214 cm³/mol. The van der Waals surface area contributed by atoms with Crippen LogP contribution in [0.15, 0.2) is 115 Å². The molecule has 0 saturated heterocycles. The molecule has 296 valence electrons. The van der Waals surface area contributed by atoms with Crippen LogP contribution in [0.1, 0.15) is 65.5 Å². The molecule has 0 spiro atoms. The molecule has 5 unspecified atom stereocenters. The summed E-state index contributed by atoms with van der Waals surface area (Å²) in [6.45, 7) is 0.233. The third kappa shape index (κ3) is 9.11. The third-order valence-electron chi connectivity index (χ3n) is 11.2. The number of cyclic esters (lactones) is 1. The van der Waals surface area contributed by atoms with E-state index >= 15 is 0 Å². The van der Waals surface area contributed by atoms with Crippen LogP contribution in [0.5, 0.6) is 0 Å². The van der Waals surface area contributed by atoms with Gasteiger partial charge in [0.15, 0.2) is 0 Å². The van der Waals surface area contributed by atoms with Gasteiger partial charge in [-0.3, -0.25) is 9.59 Å². The molecule has 11 nitrogen and oxygen atoms in total. The number of rotatable bonds is 9. The molecule has 3 aliphatic rings. The Bertz CT molecular complexity index is 2040. The predicted octanol–water partition coefficient (Wildman–Crippen LogP) is 6.00. The van der Waals surface area contributed by atoms with Crippen LogP contribution in [0.4, 0.5) is 4.79 Å². The van der Waals surface area contributed by atoms with Crippen molar-refractivity contribution in [2.45, 2.75) is 68.8 Å². The van der Waals surface area contributed by atoms with Crippen LogP contribution in [0.2, 0.25) is 0 Å². The van der Waals surface area contributed by atoms with Crippen LogP contribution >= 0.6 is 0 Å². The Labute approximate surface area is 333 Å². The van der Waals surface area contributed by atoms with Crippen molar-refractivity contribution in [2.75, 3.05) is 26.9 Å². The molecule has 4 aromatic rings. The number of esters is 1. The van der Waals surface area contributed by atoms with E-state index in [1.807, 2.05) is 91.0 Å². The lowest BCUT2D eigenvalue weighted by Gasteiger charge is -2.37. The van der Waals surface area contributed by atoms with Crippen LogP contribution < -0.4 is 10.6 Å². The van der Waals surface area contributed by atoms with Crippen LogP contribution in [-0.2, 0) is 41.6 Å². The molecule has 0 aromatic heterocycles. The van der Waals surface area contributed by atoms with Crippen molar-refractivity contribution in [3.05, 3.63) is 143 Å². The molecule has 1 aliphatic carbocycles. The van der Waals surface area contributed by atoms with Crippen molar-refractivity contribution in [1.82, 2.24) is 15.5 Å². The van der Waals surface area contributed by atoms with Gasteiger partial charge >= 0.3 is 12.1 Å². The minimum atomic E-state index is -1.06. The number of benzene rings is 4. The molecule has 0 radical (unpaired) electrons. The summed E-state index contributed by atoms with van der Waals surface area (Å²) in [5, 5.41) is 16.0. The number of nitrogens with one attached hydrogen (secondary N) is 2. The van der Waals surface area contributed by atoms with Crippen LogP contribution in [0, 0.1) is 5.92 Å². The summed E-state index contributed by atoms with van der Waals surface area (Å²) in [5.74, 6) is -2.22. The Hall–Kier alpha value is -5.78. The Morgan fingerprint density at radius 1 is 0.860 bits per heavy atom. The van der Waals surface area contributed by atoms with E-state index in [1.165, 1.54) is 7.11 Å². The fourth-order valence-corrected chi connectivity index (χ4v) is 8.24. The summed E-state index contributed by atoms with van der Waals surface area (Å²) in [5.41, 5.74) is 7.09. The minimum Gasteiger partial charge on any atom is -0.454 e. The third-order valence-corrected chi connectivity index (χ3v) is 11.2. The van der Waals surface area contributed by atoms with E-state index in [9.17, 15) is 24.3 Å². The number of aliphatic hydroxyl groups is 1. The molecule has 0 saturated carbocycles. The molecule has 7 rings (SSSR count). The van der Waals surface area contributed by atoms with E-state index in [1.54, 1.807) is 17.0 Å². The maximum absolute atomic E-state index is 14.1. The Morgan fingerprint density at radius 3 is 2.23 bits per heavy atom. The summed E-state index contributed by atoms with van der Waals surface area (Å²) in [4.78, 5) is 57.2. The molecule has 4 aromatic carbocycles. The Balaban J connectivity index is 1.09. The second-order valence-corrected chi connectivity index (χ2v) is 14.9. The quantitative estimate of drug-likeness (QED) is 0.139. The van der Waals surface area contributed by atoms with E-state index < -0.39 is 48.1 Å². The van der Waals surface area contributed by atoms with Gasteiger partial charge in [-0.25, -0.2) is 9.59 Å². The molecule has 0 fully saturated rings. The number of carbonyl (C=O) groups is 4. The van der Waals surface area contributed by atoms with Crippen LogP contribution in [0.25, 0.3) is 11.1 Å². The molecule has 11 heteroatoms. The zero-order valence-electron chi connectivity index (χ0n) is 32.0. The van der Waals surface area contributed by atoms with Crippen LogP contribution in [0.3, 0.4) is 0 Å². The number of hydrogen-bond acceptors (Lipinski definition) is 8. The standard InChI is InChI=1S/C46H49N3O8/c1-55-29-41-43(30-14-4-2-5-15-30)57-45(53)40(48-46(54)56-28-39-37-21-12-10-19-35(37)36-20-11-13-22-38(36)39)23-7-3-6-17-32(44(52)47-41)25-42(51)49-26-33-18-9-8-16-31(33)24-34(49)27-50/h2-6,8-16,18-22,32,34,39-41,43,50H,7,17,23-29H2,1H3,(H,47,52)(H,48,54). The highest BCUT2D eigenvalue weighted by atomic mass is 16.6. The van der Waals surface area contributed by atoms with Gasteiger partial charge in [0.25, 0.3) is 0 Å². The van der Waals surface area contributed by atoms with Crippen molar-refractivity contribution >= 4 is 23.9 Å². The fourth-order valence-electron chi connectivity index (χ4n) is 8.24. The van der Waals surface area contributed by atoms with Gasteiger partial charge in [0.2, 0.25) is 11.8 Å². The molecule has 57 heavy (non-hydrogen) atoms. The van der Waals surface area contributed by atoms with Gasteiger partial charge in [-0.1, -0.05) is 115 Å². The summed E-state index contributed by atoms with van der Waals surface area (Å²) in [6, 6.07) is 30.7. The first-order valence-corrected chi connectivity index (χ1v) is 19.6. The Morgan fingerprint density at radius 2 is 1.53 bits per heavy atom. The number of aliphatic hydroxyl groups excluding tert-OH is 1. The lowest BCUT2D eigenvalue weighted by molar-refractivity contribution is -0.155. The number of hydrogen-bond donors (Lipinski definition) is 3. The van der Waals surface area contributed by atoms with Gasteiger partial charge in [-0.15, -0.1) is 0 Å². The van der Waals surface area contributed by atoms with Gasteiger partial charge < -0.3 is 34.9 Å². The van der Waals surface area contributed by atoms with E-state index in [4.69, 9.17) is 14.2 Å². The fraction of sp³-hybridized carbons (Fsp3) is 0.348. The van der Waals surface area contributed by atoms with Crippen molar-refractivity contribution in [3.8, 4) is 11.1 Å². The highest BCUT2D eigenvalue weighted by Crippen LogP contribution is 2.44. The lowest BCUT2D eigenvalue weighted by atomic mass is 9.92. The number of ether oxygens (including phenoxy) is 3. The number of carbonyl (C=O) groups excluding carboxylic acids is 4. The number of fused-ring (bicyclic) bond motifs is 4. The molecule has 2 heterocycles. The van der Waals surface area contributed by atoms with E-state index in [2.05, 4.69) is 22.8 Å². The maximum atomic E-state index is 14.1. The minimum absolute atomic E-state index is 0.00490. The van der Waals surface area contributed by atoms with Crippen molar-refractivity contribution in [2.24, 2.45) is 5.92 Å². The van der Waals surface area contributed by atoms with Crippen molar-refractivity contribution in [3.63, 3.8) is 0 Å². The van der Waals surface area contributed by atoms with Gasteiger partial charge in [0, 0.05) is 26.0 Å². The number of nitrogens with zero attached hydrogens (tertiary/aromatic N) is 1. The molecule has 2 aliphatic heterocycles. The first-order valence-electron chi connectivity index (χ1n) is 19.6. The number of alkyl carbamates (subject to hydrolysis) is 1. The van der Waals surface area contributed by atoms with E-state index in [0.717, 1.165) is 33.4 Å². The maximum Gasteiger partial charge on any atom is 0.407 e. The summed E-state index contributed by atoms with van der Waals surface area (Å²) < 4.78 is 17.5. The van der Waals surface area contributed by atoms with Gasteiger partial charge in [0.1, 0.15) is 18.8 Å². The number of methoxy groups -OCH3 is 1. The highest BCUT2D eigenvalue weighted by molar-refractivity contribution is 5.87. The SMILES string of the molecule is COCC1NC(=O)C(CC(=O)N2Cc3ccccc3CC2CO)CC=CCCC(NC(=O)OCC2c3ccccc3-c3ccccc32)C(=O)OC1c1ccccc1. The monoisotopic (exact) mass is 771 g/mol. The summed E-state index contributed by atoms with van der Waals surface area (Å²) in [7, 11) is 1.49. The van der Waals surface area contributed by atoms with Crippen molar-refractivity contribution in [1.29, 1.82) is 0 Å². The topological polar surface area (TPSA) is 144 Å². The smallest absolute Gasteiger partial charge is 0.407 e. The average molecular weight is 772 g/mol. The van der Waals surface area contributed by atoms with Gasteiger partial charge in [0.05, 0.1) is 31.2 Å².